The summed E-state index contributed by atoms with van der Waals surface area (Å²) >= 11 is 5.87. The Kier molecular flexibility index (Phi) is 3.32. The number of esters is 1. The van der Waals surface area contributed by atoms with Gasteiger partial charge in [0.15, 0.2) is 0 Å². The molecule has 0 saturated heterocycles. The fraction of sp³-hybridized carbons (Fsp3) is 0.182. The molecule has 1 heterocycles. The van der Waals surface area contributed by atoms with E-state index in [-0.39, 0.29) is 17.2 Å². The van der Waals surface area contributed by atoms with Gasteiger partial charge >= 0.3 is 5.97 Å². The average molecular weight is 288 g/mol. The second-order valence-corrected chi connectivity index (χ2v) is 5.88. The second-order valence-electron chi connectivity index (χ2n) is 3.79. The molecule has 1 aromatic rings. The number of rotatable bonds is 3. The summed E-state index contributed by atoms with van der Waals surface area (Å²) in [5.74, 6) is -0.561. The molecular formula is C11H10ClNO4S. The summed E-state index contributed by atoms with van der Waals surface area (Å²) in [5.41, 5.74) is 0.992. The van der Waals surface area contributed by atoms with Crippen molar-refractivity contribution >= 4 is 27.6 Å². The molecule has 0 saturated carbocycles. The predicted molar refractivity (Wildman–Crippen MR) is 65.6 cm³/mol. The van der Waals surface area contributed by atoms with E-state index in [2.05, 4.69) is 9.46 Å². The van der Waals surface area contributed by atoms with Gasteiger partial charge in [-0.1, -0.05) is 17.7 Å². The van der Waals surface area contributed by atoms with E-state index < -0.39 is 16.0 Å². The molecule has 18 heavy (non-hydrogen) atoms. The van der Waals surface area contributed by atoms with Crippen LogP contribution in [0.1, 0.15) is 5.56 Å². The number of benzene rings is 1. The van der Waals surface area contributed by atoms with Crippen LogP contribution in [-0.2, 0) is 19.6 Å². The Morgan fingerprint density at radius 1 is 1.39 bits per heavy atom. The molecule has 0 aromatic heterocycles. The van der Waals surface area contributed by atoms with E-state index in [1.54, 1.807) is 13.0 Å². The number of ether oxygens (including phenoxy) is 1. The number of aryl methyl sites for hydroxylation is 1. The topological polar surface area (TPSA) is 72.5 Å². The molecule has 96 valence electrons. The van der Waals surface area contributed by atoms with Gasteiger partial charge in [-0.05, 0) is 24.6 Å². The van der Waals surface area contributed by atoms with E-state index in [9.17, 15) is 13.2 Å². The van der Waals surface area contributed by atoms with Gasteiger partial charge in [0.05, 0.1) is 10.6 Å². The van der Waals surface area contributed by atoms with Gasteiger partial charge < -0.3 is 4.74 Å². The number of hydrogen-bond donors (Lipinski definition) is 1. The van der Waals surface area contributed by atoms with Crippen LogP contribution >= 0.6 is 11.6 Å². The monoisotopic (exact) mass is 287 g/mol. The molecule has 1 N–H and O–H groups in total. The summed E-state index contributed by atoms with van der Waals surface area (Å²) in [6, 6.07) is 4.42. The molecular weight excluding hydrogens is 278 g/mol. The Labute approximate surface area is 109 Å². The van der Waals surface area contributed by atoms with Crippen molar-refractivity contribution < 1.29 is 17.9 Å². The Morgan fingerprint density at radius 3 is 2.67 bits per heavy atom. The highest BCUT2D eigenvalue weighted by Gasteiger charge is 2.20. The highest BCUT2D eigenvalue weighted by molar-refractivity contribution is 7.89. The Bertz CT molecular complexity index is 636. The smallest absolute Gasteiger partial charge is 0.333 e. The maximum Gasteiger partial charge on any atom is 0.333 e. The fourth-order valence-corrected chi connectivity index (χ4v) is 2.75. The maximum atomic E-state index is 12.0. The number of halogens is 1. The van der Waals surface area contributed by atoms with Crippen molar-refractivity contribution in [2.75, 3.05) is 6.61 Å². The lowest BCUT2D eigenvalue weighted by molar-refractivity contribution is -0.134. The molecule has 0 atom stereocenters. The predicted octanol–water partition coefficient (Wildman–Crippen LogP) is 1.37. The second kappa shape index (κ2) is 4.62. The van der Waals surface area contributed by atoms with Crippen LogP contribution in [0.2, 0.25) is 5.02 Å². The molecule has 0 amide bonds. The molecule has 0 spiro atoms. The molecule has 5 nitrogen and oxygen atoms in total. The van der Waals surface area contributed by atoms with Gasteiger partial charge in [-0.2, -0.15) is 0 Å². The zero-order valence-corrected chi connectivity index (χ0v) is 11.0. The molecule has 0 bridgehead atoms. The van der Waals surface area contributed by atoms with Gasteiger partial charge in [-0.3, -0.25) is 4.72 Å². The highest BCUT2D eigenvalue weighted by atomic mass is 35.5. The standard InChI is InChI=1S/C11H10ClNO4S/c1-7-2-3-9(5-10(7)12)18(15,16)13-8-4-11(14)17-6-8/h2-5,13H,6H2,1H3. The van der Waals surface area contributed by atoms with Crippen LogP contribution in [0.15, 0.2) is 34.9 Å². The lowest BCUT2D eigenvalue weighted by atomic mass is 10.2. The van der Waals surface area contributed by atoms with Crippen LogP contribution in [0.5, 0.6) is 0 Å². The van der Waals surface area contributed by atoms with Gasteiger partial charge in [-0.15, -0.1) is 0 Å². The van der Waals surface area contributed by atoms with Crippen molar-refractivity contribution in [1.82, 2.24) is 4.72 Å². The first-order valence-electron chi connectivity index (χ1n) is 5.05. The quantitative estimate of drug-likeness (QED) is 0.852. The van der Waals surface area contributed by atoms with Gasteiger partial charge in [0.2, 0.25) is 0 Å². The fourth-order valence-electron chi connectivity index (χ4n) is 1.41. The van der Waals surface area contributed by atoms with Crippen LogP contribution < -0.4 is 4.72 Å². The van der Waals surface area contributed by atoms with Crippen LogP contribution in [0.25, 0.3) is 0 Å². The zero-order valence-electron chi connectivity index (χ0n) is 9.44. The lowest BCUT2D eigenvalue weighted by Gasteiger charge is -2.08. The minimum Gasteiger partial charge on any atom is -0.456 e. The van der Waals surface area contributed by atoms with E-state index in [1.807, 2.05) is 0 Å². The third kappa shape index (κ3) is 2.65. The SMILES string of the molecule is Cc1ccc(S(=O)(=O)NC2=CC(=O)OC2)cc1Cl. The summed E-state index contributed by atoms with van der Waals surface area (Å²) in [6.45, 7) is 1.70. The molecule has 1 aliphatic rings. The lowest BCUT2D eigenvalue weighted by Crippen LogP contribution is -2.23. The molecule has 0 radical (unpaired) electrons. The molecule has 2 rings (SSSR count). The Balaban J connectivity index is 2.28. The van der Waals surface area contributed by atoms with Crippen molar-refractivity contribution in [1.29, 1.82) is 0 Å². The Morgan fingerprint density at radius 2 is 2.11 bits per heavy atom. The third-order valence-corrected chi connectivity index (χ3v) is 4.19. The van der Waals surface area contributed by atoms with Gasteiger partial charge in [0.1, 0.15) is 6.61 Å². The first-order chi connectivity index (χ1) is 8.38. The van der Waals surface area contributed by atoms with Crippen molar-refractivity contribution in [3.8, 4) is 0 Å². The third-order valence-electron chi connectivity index (χ3n) is 2.38. The van der Waals surface area contributed by atoms with Gasteiger partial charge in [-0.25, -0.2) is 13.2 Å². The Hall–Kier alpha value is -1.53. The summed E-state index contributed by atoms with van der Waals surface area (Å²) < 4.78 is 30.8. The van der Waals surface area contributed by atoms with Gasteiger partial charge in [0, 0.05) is 11.1 Å². The van der Waals surface area contributed by atoms with E-state index in [1.165, 1.54) is 12.1 Å². The minimum atomic E-state index is -3.74. The van der Waals surface area contributed by atoms with Crippen molar-refractivity contribution in [3.63, 3.8) is 0 Å². The normalized spacial score (nSPS) is 15.2. The molecule has 0 aliphatic carbocycles. The molecule has 1 aliphatic heterocycles. The summed E-state index contributed by atoms with van der Waals surface area (Å²) in [5, 5.41) is 0.366. The van der Waals surface area contributed by atoms with E-state index in [0.29, 0.717) is 5.02 Å². The number of hydrogen-bond acceptors (Lipinski definition) is 4. The van der Waals surface area contributed by atoms with Crippen LogP contribution in [0.4, 0.5) is 0 Å². The van der Waals surface area contributed by atoms with Crippen LogP contribution in [0.3, 0.4) is 0 Å². The number of cyclic esters (lactones) is 1. The highest BCUT2D eigenvalue weighted by Crippen LogP contribution is 2.20. The van der Waals surface area contributed by atoms with E-state index in [4.69, 9.17) is 11.6 Å². The number of nitrogens with one attached hydrogen (secondary N) is 1. The maximum absolute atomic E-state index is 12.0. The number of carbonyl (C=O) groups excluding carboxylic acids is 1. The molecule has 1 aromatic carbocycles. The molecule has 0 fully saturated rings. The van der Waals surface area contributed by atoms with Crippen molar-refractivity contribution in [3.05, 3.63) is 40.6 Å². The van der Waals surface area contributed by atoms with Gasteiger partial charge in [0.25, 0.3) is 10.0 Å². The molecule has 0 unspecified atom stereocenters. The van der Waals surface area contributed by atoms with Crippen molar-refractivity contribution in [2.45, 2.75) is 11.8 Å². The number of sulfonamides is 1. The number of carbonyl (C=O) groups is 1. The summed E-state index contributed by atoms with van der Waals surface area (Å²) in [6.07, 6.45) is 1.10. The van der Waals surface area contributed by atoms with Crippen LogP contribution in [-0.4, -0.2) is 21.0 Å². The first-order valence-corrected chi connectivity index (χ1v) is 6.91. The van der Waals surface area contributed by atoms with Crippen molar-refractivity contribution in [2.24, 2.45) is 0 Å². The largest absolute Gasteiger partial charge is 0.456 e. The van der Waals surface area contributed by atoms with E-state index >= 15 is 0 Å². The zero-order chi connectivity index (χ0) is 13.3. The summed E-state index contributed by atoms with van der Waals surface area (Å²) in [7, 11) is -3.74. The van der Waals surface area contributed by atoms with E-state index in [0.717, 1.165) is 11.6 Å². The minimum absolute atomic E-state index is 0.0401. The average Bonchev–Trinajstić information content (AvgIpc) is 2.67. The first kappa shape index (κ1) is 12.9. The van der Waals surface area contributed by atoms with Crippen LogP contribution in [0, 0.1) is 6.92 Å². The molecule has 7 heteroatoms. The summed E-state index contributed by atoms with van der Waals surface area (Å²) in [4.78, 5) is 10.9.